The van der Waals surface area contributed by atoms with E-state index >= 15 is 0 Å². The van der Waals surface area contributed by atoms with Gasteiger partial charge in [0.1, 0.15) is 6.33 Å². The van der Waals surface area contributed by atoms with Crippen LogP contribution in [0.2, 0.25) is 0 Å². The van der Waals surface area contributed by atoms with Gasteiger partial charge in [-0.15, -0.1) is 0 Å². The second kappa shape index (κ2) is 6.66. The molecule has 4 nitrogen and oxygen atoms in total. The molecule has 0 saturated carbocycles. The predicted molar refractivity (Wildman–Crippen MR) is 74.3 cm³/mol. The van der Waals surface area contributed by atoms with Crippen molar-refractivity contribution in [3.05, 3.63) is 6.33 Å². The molecular formula is C14H24N4. The lowest BCUT2D eigenvalue weighted by atomic mass is 9.95. The van der Waals surface area contributed by atoms with Gasteiger partial charge in [0, 0.05) is 11.6 Å². The molecule has 0 spiro atoms. The van der Waals surface area contributed by atoms with E-state index in [0.717, 1.165) is 12.5 Å². The van der Waals surface area contributed by atoms with E-state index < -0.39 is 0 Å². The number of hydrogen-bond donors (Lipinski definition) is 0. The first-order valence-electron chi connectivity index (χ1n) is 7.24. The van der Waals surface area contributed by atoms with E-state index in [1.54, 1.807) is 6.33 Å². The largest absolute Gasteiger partial charge is 0.247 e. The molecule has 1 aromatic heterocycles. The number of unbranched alkanes of at least 4 members (excludes halogenated alkanes) is 5. The van der Waals surface area contributed by atoms with Crippen LogP contribution in [0.4, 0.5) is 5.95 Å². The van der Waals surface area contributed by atoms with Crippen LogP contribution in [0.3, 0.4) is 0 Å². The second-order valence-corrected chi connectivity index (χ2v) is 5.25. The number of aliphatic imine (C=N–C) groups is 1. The minimum atomic E-state index is 0.561. The molecule has 2 heterocycles. The highest BCUT2D eigenvalue weighted by Crippen LogP contribution is 2.23. The Morgan fingerprint density at radius 2 is 2.00 bits per heavy atom. The fraction of sp³-hybridized carbons (Fsp3) is 0.786. The maximum absolute atomic E-state index is 4.52. The topological polar surface area (TPSA) is 43.1 Å². The zero-order valence-corrected chi connectivity index (χ0v) is 11.6. The van der Waals surface area contributed by atoms with Crippen molar-refractivity contribution < 1.29 is 0 Å². The molecule has 18 heavy (non-hydrogen) atoms. The second-order valence-electron chi connectivity index (χ2n) is 5.25. The molecule has 0 amide bonds. The maximum atomic E-state index is 4.52. The van der Waals surface area contributed by atoms with Gasteiger partial charge < -0.3 is 0 Å². The van der Waals surface area contributed by atoms with Crippen LogP contribution in [0.15, 0.2) is 11.3 Å². The van der Waals surface area contributed by atoms with Crippen molar-refractivity contribution in [2.45, 2.75) is 65.3 Å². The number of hydrogen-bond acceptors (Lipinski definition) is 3. The third kappa shape index (κ3) is 3.40. The number of fused-ring (bicyclic) bond motifs is 1. The molecule has 0 aliphatic carbocycles. The van der Waals surface area contributed by atoms with Crippen LogP contribution in [-0.4, -0.2) is 20.5 Å². The highest BCUT2D eigenvalue weighted by Gasteiger charge is 2.20. The molecule has 0 aromatic carbocycles. The minimum Gasteiger partial charge on any atom is -0.230 e. The van der Waals surface area contributed by atoms with Crippen molar-refractivity contribution in [3.63, 3.8) is 0 Å². The Balaban J connectivity index is 1.71. The van der Waals surface area contributed by atoms with Gasteiger partial charge in [0.2, 0.25) is 5.95 Å². The average molecular weight is 248 g/mol. The van der Waals surface area contributed by atoms with E-state index in [1.165, 1.54) is 50.7 Å². The fourth-order valence-corrected chi connectivity index (χ4v) is 2.53. The predicted octanol–water partition coefficient (Wildman–Crippen LogP) is 3.75. The Labute approximate surface area is 110 Å². The van der Waals surface area contributed by atoms with Gasteiger partial charge in [-0.05, 0) is 13.3 Å². The van der Waals surface area contributed by atoms with Gasteiger partial charge in [0.25, 0.3) is 0 Å². The average Bonchev–Trinajstić information content (AvgIpc) is 2.80. The van der Waals surface area contributed by atoms with Gasteiger partial charge in [-0.1, -0.05) is 45.4 Å². The number of nitrogens with zero attached hydrogens (tertiary/aromatic N) is 4. The monoisotopic (exact) mass is 248 g/mol. The lowest BCUT2D eigenvalue weighted by molar-refractivity contribution is 0.450. The molecule has 0 fully saturated rings. The Hall–Kier alpha value is -1.19. The van der Waals surface area contributed by atoms with Gasteiger partial charge in [-0.2, -0.15) is 10.1 Å². The van der Waals surface area contributed by atoms with Crippen LogP contribution in [0.25, 0.3) is 0 Å². The fourth-order valence-electron chi connectivity index (χ4n) is 2.53. The molecular weight excluding hydrogens is 224 g/mol. The van der Waals surface area contributed by atoms with Crippen molar-refractivity contribution in [3.8, 4) is 0 Å². The maximum Gasteiger partial charge on any atom is 0.247 e. The van der Waals surface area contributed by atoms with Gasteiger partial charge in [-0.3, -0.25) is 0 Å². The molecule has 1 atom stereocenters. The molecule has 1 unspecified atom stereocenters. The van der Waals surface area contributed by atoms with E-state index in [9.17, 15) is 0 Å². The molecule has 1 aromatic rings. The molecule has 100 valence electrons. The number of rotatable bonds is 7. The highest BCUT2D eigenvalue weighted by atomic mass is 15.4. The zero-order chi connectivity index (χ0) is 12.8. The van der Waals surface area contributed by atoms with E-state index in [4.69, 9.17) is 0 Å². The summed E-state index contributed by atoms with van der Waals surface area (Å²) < 4.78 is 1.93. The van der Waals surface area contributed by atoms with E-state index in [0.29, 0.717) is 5.92 Å². The summed E-state index contributed by atoms with van der Waals surface area (Å²) in [6.07, 6.45) is 11.0. The van der Waals surface area contributed by atoms with E-state index in [2.05, 4.69) is 28.9 Å². The first-order chi connectivity index (χ1) is 8.81. The van der Waals surface area contributed by atoms with E-state index in [-0.39, 0.29) is 0 Å². The molecule has 2 rings (SSSR count). The van der Waals surface area contributed by atoms with Crippen molar-refractivity contribution in [2.75, 3.05) is 0 Å². The summed E-state index contributed by atoms with van der Waals surface area (Å²) in [5, 5.41) is 4.21. The Bertz CT molecular complexity index is 394. The van der Waals surface area contributed by atoms with Gasteiger partial charge >= 0.3 is 0 Å². The van der Waals surface area contributed by atoms with Gasteiger partial charge in [0.05, 0.1) is 6.54 Å². The summed E-state index contributed by atoms with van der Waals surface area (Å²) in [5.74, 6) is 1.33. The van der Waals surface area contributed by atoms with Gasteiger partial charge in [0.15, 0.2) is 0 Å². The molecule has 0 N–H and O–H groups in total. The smallest absolute Gasteiger partial charge is 0.230 e. The summed E-state index contributed by atoms with van der Waals surface area (Å²) in [6.45, 7) is 5.34. The Kier molecular flexibility index (Phi) is 4.90. The Morgan fingerprint density at radius 1 is 1.22 bits per heavy atom. The van der Waals surface area contributed by atoms with Crippen LogP contribution < -0.4 is 0 Å². The molecule has 4 heteroatoms. The summed E-state index contributed by atoms with van der Waals surface area (Å²) in [4.78, 5) is 8.66. The van der Waals surface area contributed by atoms with Crippen molar-refractivity contribution in [2.24, 2.45) is 10.9 Å². The molecule has 0 radical (unpaired) electrons. The van der Waals surface area contributed by atoms with Crippen molar-refractivity contribution in [1.82, 2.24) is 14.8 Å². The number of aromatic nitrogens is 3. The summed E-state index contributed by atoms with van der Waals surface area (Å²) in [5.41, 5.74) is 1.23. The normalized spacial score (nSPS) is 18.6. The zero-order valence-electron chi connectivity index (χ0n) is 11.6. The third-order valence-corrected chi connectivity index (χ3v) is 3.76. The quantitative estimate of drug-likeness (QED) is 0.690. The third-order valence-electron chi connectivity index (χ3n) is 3.76. The summed E-state index contributed by atoms with van der Waals surface area (Å²) >= 11 is 0. The summed E-state index contributed by atoms with van der Waals surface area (Å²) in [6, 6.07) is 0. The van der Waals surface area contributed by atoms with E-state index in [1.807, 2.05) is 4.68 Å². The van der Waals surface area contributed by atoms with Gasteiger partial charge in [-0.25, -0.2) is 9.67 Å². The summed E-state index contributed by atoms with van der Waals surface area (Å²) in [7, 11) is 0. The van der Waals surface area contributed by atoms with Crippen LogP contribution >= 0.6 is 0 Å². The lowest BCUT2D eigenvalue weighted by Crippen LogP contribution is -2.22. The van der Waals surface area contributed by atoms with Crippen molar-refractivity contribution in [1.29, 1.82) is 0 Å². The van der Waals surface area contributed by atoms with Crippen molar-refractivity contribution >= 4 is 11.7 Å². The first kappa shape index (κ1) is 13.2. The molecule has 1 aliphatic heterocycles. The minimum absolute atomic E-state index is 0.561. The molecule has 0 saturated heterocycles. The first-order valence-corrected chi connectivity index (χ1v) is 7.24. The lowest BCUT2D eigenvalue weighted by Gasteiger charge is -2.21. The Morgan fingerprint density at radius 3 is 2.83 bits per heavy atom. The van der Waals surface area contributed by atoms with Crippen LogP contribution in [0, 0.1) is 5.92 Å². The van der Waals surface area contributed by atoms with Crippen LogP contribution in [0.1, 0.15) is 58.8 Å². The SMILES string of the molecule is CCCCCCCCC1Cn2ncnc2N=C1C. The molecule has 0 bridgehead atoms. The van der Waals surface area contributed by atoms with Crippen LogP contribution in [0.5, 0.6) is 0 Å². The standard InChI is InChI=1S/C14H24N4/c1-3-4-5-6-7-8-9-13-10-18-14(15-11-16-18)17-12(13)2/h11,13H,3-10H2,1-2H3. The molecule has 1 aliphatic rings. The highest BCUT2D eigenvalue weighted by molar-refractivity contribution is 5.86. The van der Waals surface area contributed by atoms with Crippen LogP contribution in [-0.2, 0) is 6.54 Å².